The molecule has 5 nitrogen and oxygen atoms in total. The van der Waals surface area contributed by atoms with Crippen LogP contribution in [0.3, 0.4) is 0 Å². The summed E-state index contributed by atoms with van der Waals surface area (Å²) in [6, 6.07) is 11.2. The van der Waals surface area contributed by atoms with E-state index in [4.69, 9.17) is 14.2 Å². The molecule has 0 unspecified atom stereocenters. The first-order valence-corrected chi connectivity index (χ1v) is 9.05. The van der Waals surface area contributed by atoms with Gasteiger partial charge in [-0.15, -0.1) is 0 Å². The molecule has 0 N–H and O–H groups in total. The fourth-order valence-electron chi connectivity index (χ4n) is 2.08. The molecule has 0 aliphatic carbocycles. The Hall–Kier alpha value is -2.34. The van der Waals surface area contributed by atoms with E-state index in [-0.39, 0.29) is 12.2 Å². The van der Waals surface area contributed by atoms with Gasteiger partial charge in [-0.1, -0.05) is 0 Å². The van der Waals surface area contributed by atoms with Crippen molar-refractivity contribution < 1.29 is 23.8 Å². The van der Waals surface area contributed by atoms with E-state index in [0.29, 0.717) is 27.1 Å². The van der Waals surface area contributed by atoms with Crippen LogP contribution in [-0.4, -0.2) is 24.1 Å². The van der Waals surface area contributed by atoms with Crippen LogP contribution in [0.5, 0.6) is 11.5 Å². The van der Waals surface area contributed by atoms with Gasteiger partial charge in [-0.2, -0.15) is 0 Å². The summed E-state index contributed by atoms with van der Waals surface area (Å²) in [7, 11) is 0. The van der Waals surface area contributed by atoms with E-state index in [9.17, 15) is 9.59 Å². The number of esters is 2. The van der Waals surface area contributed by atoms with Crippen LogP contribution in [-0.2, 0) is 4.74 Å². The Morgan fingerprint density at radius 1 is 0.846 bits per heavy atom. The van der Waals surface area contributed by atoms with E-state index in [0.717, 1.165) is 0 Å². The highest BCUT2D eigenvalue weighted by Gasteiger charge is 2.14. The number of rotatable bonds is 6. The summed E-state index contributed by atoms with van der Waals surface area (Å²) < 4.78 is 16.7. The highest BCUT2D eigenvalue weighted by atomic mass is 79.9. The number of hydrogen-bond donors (Lipinski definition) is 0. The Kier molecular flexibility index (Phi) is 6.80. The number of carbonyl (C=O) groups is 2. The van der Waals surface area contributed by atoms with Gasteiger partial charge in [-0.25, -0.2) is 9.59 Å². The zero-order chi connectivity index (χ0) is 19.3. The maximum absolute atomic E-state index is 12.3. The van der Waals surface area contributed by atoms with Gasteiger partial charge in [-0.05, 0) is 86.1 Å². The average molecular weight is 421 g/mol. The normalized spacial score (nSPS) is 10.7. The second kappa shape index (κ2) is 8.85. The maximum Gasteiger partial charge on any atom is 0.343 e. The number of halogens is 1. The minimum Gasteiger partial charge on any atom is -0.490 e. The van der Waals surface area contributed by atoms with Crippen LogP contribution in [0.1, 0.15) is 48.4 Å². The summed E-state index contributed by atoms with van der Waals surface area (Å²) in [6.07, 6.45) is -0.161. The fourth-order valence-corrected chi connectivity index (χ4v) is 2.56. The minimum atomic E-state index is -0.501. The molecule has 0 aliphatic heterocycles. The first-order chi connectivity index (χ1) is 12.3. The largest absolute Gasteiger partial charge is 0.490 e. The topological polar surface area (TPSA) is 61.8 Å². The van der Waals surface area contributed by atoms with Gasteiger partial charge < -0.3 is 14.2 Å². The Bertz CT molecular complexity index is 781. The van der Waals surface area contributed by atoms with E-state index in [1.165, 1.54) is 0 Å². The molecule has 0 bridgehead atoms. The second-order valence-corrected chi connectivity index (χ2v) is 7.03. The average Bonchev–Trinajstić information content (AvgIpc) is 2.56. The summed E-state index contributed by atoms with van der Waals surface area (Å²) in [5.41, 5.74) is 0.785. The first kappa shape index (κ1) is 20.0. The number of hydrogen-bond acceptors (Lipinski definition) is 5. The first-order valence-electron chi connectivity index (χ1n) is 8.25. The molecular weight excluding hydrogens is 400 g/mol. The minimum absolute atomic E-state index is 0.0324. The molecule has 0 saturated carbocycles. The van der Waals surface area contributed by atoms with Crippen molar-refractivity contribution in [2.45, 2.75) is 39.9 Å². The third-order valence-corrected chi connectivity index (χ3v) is 3.79. The number of ether oxygens (including phenoxy) is 3. The molecular formula is C20H21BrO5. The predicted octanol–water partition coefficient (Wildman–Crippen LogP) is 5.02. The molecule has 0 aliphatic rings. The van der Waals surface area contributed by atoms with Crippen LogP contribution >= 0.6 is 15.9 Å². The third kappa shape index (κ3) is 5.59. The Balaban J connectivity index is 2.05. The molecule has 0 heterocycles. The van der Waals surface area contributed by atoms with E-state index in [1.54, 1.807) is 56.3 Å². The van der Waals surface area contributed by atoms with Gasteiger partial charge in [0.2, 0.25) is 0 Å². The van der Waals surface area contributed by atoms with Crippen LogP contribution in [0.2, 0.25) is 0 Å². The molecule has 0 atom stereocenters. The van der Waals surface area contributed by atoms with Crippen molar-refractivity contribution in [3.63, 3.8) is 0 Å². The van der Waals surface area contributed by atoms with Gasteiger partial charge in [0.15, 0.2) is 0 Å². The zero-order valence-electron chi connectivity index (χ0n) is 15.1. The van der Waals surface area contributed by atoms with Crippen LogP contribution in [0, 0.1) is 0 Å². The summed E-state index contributed by atoms with van der Waals surface area (Å²) in [4.78, 5) is 24.1. The summed E-state index contributed by atoms with van der Waals surface area (Å²) in [6.45, 7) is 7.41. The SMILES string of the molecule is CC(C)OC(=O)c1ccc(OC(=O)c2ccc(OC(C)C)c(Br)c2)cc1. The smallest absolute Gasteiger partial charge is 0.343 e. The fraction of sp³-hybridized carbons (Fsp3) is 0.300. The summed E-state index contributed by atoms with van der Waals surface area (Å²) in [5.74, 6) is 0.0844. The van der Waals surface area contributed by atoms with Crippen LogP contribution in [0.4, 0.5) is 0 Å². The zero-order valence-corrected chi connectivity index (χ0v) is 16.7. The molecule has 2 aromatic carbocycles. The quantitative estimate of drug-likeness (QED) is 0.484. The van der Waals surface area contributed by atoms with E-state index in [1.807, 2.05) is 13.8 Å². The van der Waals surface area contributed by atoms with Crippen molar-refractivity contribution in [3.05, 3.63) is 58.1 Å². The van der Waals surface area contributed by atoms with Gasteiger partial charge in [-0.3, -0.25) is 0 Å². The van der Waals surface area contributed by atoms with Crippen molar-refractivity contribution in [2.75, 3.05) is 0 Å². The molecule has 0 saturated heterocycles. The van der Waals surface area contributed by atoms with Gasteiger partial charge >= 0.3 is 11.9 Å². The maximum atomic E-state index is 12.3. The van der Waals surface area contributed by atoms with Gasteiger partial charge in [0.05, 0.1) is 27.8 Å². The second-order valence-electron chi connectivity index (χ2n) is 6.18. The molecule has 0 fully saturated rings. The highest BCUT2D eigenvalue weighted by molar-refractivity contribution is 9.10. The number of carbonyl (C=O) groups excluding carboxylic acids is 2. The molecule has 0 aromatic heterocycles. The molecule has 0 radical (unpaired) electrons. The van der Waals surface area contributed by atoms with Gasteiger partial charge in [0.1, 0.15) is 11.5 Å². The van der Waals surface area contributed by atoms with Crippen molar-refractivity contribution >= 4 is 27.9 Å². The monoisotopic (exact) mass is 420 g/mol. The Labute approximate surface area is 161 Å². The van der Waals surface area contributed by atoms with E-state index in [2.05, 4.69) is 15.9 Å². The lowest BCUT2D eigenvalue weighted by atomic mass is 10.2. The van der Waals surface area contributed by atoms with E-state index >= 15 is 0 Å². The summed E-state index contributed by atoms with van der Waals surface area (Å²) >= 11 is 3.39. The molecule has 0 amide bonds. The Morgan fingerprint density at radius 3 is 2.00 bits per heavy atom. The van der Waals surface area contributed by atoms with Crippen molar-refractivity contribution in [1.82, 2.24) is 0 Å². The van der Waals surface area contributed by atoms with Crippen LogP contribution in [0.25, 0.3) is 0 Å². The lowest BCUT2D eigenvalue weighted by molar-refractivity contribution is 0.0378. The third-order valence-electron chi connectivity index (χ3n) is 3.17. The van der Waals surface area contributed by atoms with Gasteiger partial charge in [0.25, 0.3) is 0 Å². The van der Waals surface area contributed by atoms with E-state index < -0.39 is 11.9 Å². The lowest BCUT2D eigenvalue weighted by Gasteiger charge is -2.12. The lowest BCUT2D eigenvalue weighted by Crippen LogP contribution is -2.12. The molecule has 2 rings (SSSR count). The highest BCUT2D eigenvalue weighted by Crippen LogP contribution is 2.27. The predicted molar refractivity (Wildman–Crippen MR) is 102 cm³/mol. The molecule has 0 spiro atoms. The molecule has 138 valence electrons. The van der Waals surface area contributed by atoms with Crippen molar-refractivity contribution in [2.24, 2.45) is 0 Å². The van der Waals surface area contributed by atoms with Crippen molar-refractivity contribution in [1.29, 1.82) is 0 Å². The van der Waals surface area contributed by atoms with Crippen molar-refractivity contribution in [3.8, 4) is 11.5 Å². The standard InChI is InChI=1S/C20H21BrO5/c1-12(2)24-18-10-7-15(11-17(18)21)20(23)26-16-8-5-14(6-9-16)19(22)25-13(3)4/h5-13H,1-4H3. The molecule has 6 heteroatoms. The molecule has 26 heavy (non-hydrogen) atoms. The van der Waals surface area contributed by atoms with Crippen LogP contribution < -0.4 is 9.47 Å². The number of benzene rings is 2. The Morgan fingerprint density at radius 2 is 1.46 bits per heavy atom. The van der Waals surface area contributed by atoms with Gasteiger partial charge in [0, 0.05) is 0 Å². The summed E-state index contributed by atoms with van der Waals surface area (Å²) in [5, 5.41) is 0. The van der Waals surface area contributed by atoms with Crippen LogP contribution in [0.15, 0.2) is 46.9 Å². The molecule has 2 aromatic rings.